The predicted molar refractivity (Wildman–Crippen MR) is 123 cm³/mol. The maximum atomic E-state index is 12.7. The summed E-state index contributed by atoms with van der Waals surface area (Å²) >= 11 is 0. The number of carbonyl (C=O) groups is 2. The van der Waals surface area contributed by atoms with Gasteiger partial charge < -0.3 is 10.1 Å². The number of hydrogen-bond donors (Lipinski definition) is 1. The fourth-order valence-corrected chi connectivity index (χ4v) is 3.86. The summed E-state index contributed by atoms with van der Waals surface area (Å²) in [6.45, 7) is 1.50. The van der Waals surface area contributed by atoms with Crippen LogP contribution in [0.3, 0.4) is 0 Å². The van der Waals surface area contributed by atoms with E-state index in [1.807, 2.05) is 0 Å². The SMILES string of the molecule is CCOC(=O)CC(C#N)c1cc(C(F)(F)F)cc(C(F)(F)F)c1.O=C1CC(c2cc(C(F)(F)F)cc(C(F)(F)F)c2)CN1. The lowest BCUT2D eigenvalue weighted by Crippen LogP contribution is -2.15. The lowest BCUT2D eigenvalue weighted by atomic mass is 9.93. The Morgan fingerprint density at radius 2 is 1.26 bits per heavy atom. The molecular weight excluding hydrogens is 616 g/mol. The van der Waals surface area contributed by atoms with E-state index >= 15 is 0 Å². The lowest BCUT2D eigenvalue weighted by Gasteiger charge is -2.16. The number of amides is 1. The van der Waals surface area contributed by atoms with E-state index in [4.69, 9.17) is 5.26 Å². The van der Waals surface area contributed by atoms with Crippen molar-refractivity contribution in [3.63, 3.8) is 0 Å². The second-order valence-corrected chi connectivity index (χ2v) is 9.07. The third-order valence-corrected chi connectivity index (χ3v) is 5.90. The zero-order valence-corrected chi connectivity index (χ0v) is 21.7. The van der Waals surface area contributed by atoms with Crippen LogP contribution in [-0.2, 0) is 39.0 Å². The van der Waals surface area contributed by atoms with Gasteiger partial charge in [0.05, 0.1) is 47.3 Å². The van der Waals surface area contributed by atoms with Crippen molar-refractivity contribution in [2.24, 2.45) is 0 Å². The van der Waals surface area contributed by atoms with Gasteiger partial charge in [-0.3, -0.25) is 9.59 Å². The highest BCUT2D eigenvalue weighted by Gasteiger charge is 2.39. The molecule has 0 bridgehead atoms. The van der Waals surface area contributed by atoms with Crippen LogP contribution in [-0.4, -0.2) is 25.0 Å². The molecule has 0 aromatic heterocycles. The van der Waals surface area contributed by atoms with Crippen LogP contribution >= 0.6 is 0 Å². The van der Waals surface area contributed by atoms with Crippen molar-refractivity contribution in [3.8, 4) is 6.07 Å². The van der Waals surface area contributed by atoms with Crippen LogP contribution in [0.15, 0.2) is 36.4 Å². The van der Waals surface area contributed by atoms with Crippen LogP contribution in [0.5, 0.6) is 0 Å². The maximum absolute atomic E-state index is 12.7. The monoisotopic (exact) mass is 636 g/mol. The average molecular weight is 636 g/mol. The fourth-order valence-electron chi connectivity index (χ4n) is 3.86. The first-order chi connectivity index (χ1) is 19.6. The minimum Gasteiger partial charge on any atom is -0.466 e. The summed E-state index contributed by atoms with van der Waals surface area (Å²) in [5.41, 5.74) is -6.46. The summed E-state index contributed by atoms with van der Waals surface area (Å²) in [5.74, 6) is -3.42. The lowest BCUT2D eigenvalue weighted by molar-refractivity contribution is -0.144. The Morgan fingerprint density at radius 3 is 1.58 bits per heavy atom. The first-order valence-corrected chi connectivity index (χ1v) is 12.0. The molecule has 1 saturated heterocycles. The summed E-state index contributed by atoms with van der Waals surface area (Å²) in [4.78, 5) is 22.4. The number of ether oxygens (including phenoxy) is 1. The molecule has 0 radical (unpaired) electrons. The second kappa shape index (κ2) is 13.1. The van der Waals surface area contributed by atoms with E-state index in [9.17, 15) is 62.3 Å². The van der Waals surface area contributed by atoms with Gasteiger partial charge in [-0.2, -0.15) is 57.9 Å². The van der Waals surface area contributed by atoms with Gasteiger partial charge in [0.15, 0.2) is 0 Å². The van der Waals surface area contributed by atoms with Crippen molar-refractivity contribution in [1.29, 1.82) is 5.26 Å². The minimum absolute atomic E-state index is 0.0205. The van der Waals surface area contributed by atoms with E-state index in [2.05, 4.69) is 10.1 Å². The molecule has 17 heteroatoms. The Bertz CT molecular complexity index is 1290. The van der Waals surface area contributed by atoms with Gasteiger partial charge in [0, 0.05) is 18.9 Å². The Labute approximate surface area is 235 Å². The van der Waals surface area contributed by atoms with E-state index in [1.165, 1.54) is 13.0 Å². The van der Waals surface area contributed by atoms with Crippen LogP contribution < -0.4 is 5.32 Å². The number of halogens is 12. The van der Waals surface area contributed by atoms with Gasteiger partial charge in [0.2, 0.25) is 5.91 Å². The van der Waals surface area contributed by atoms with Gasteiger partial charge in [-0.15, -0.1) is 0 Å². The molecule has 1 aliphatic heterocycles. The topological polar surface area (TPSA) is 79.2 Å². The first-order valence-electron chi connectivity index (χ1n) is 12.0. The predicted octanol–water partition coefficient (Wildman–Crippen LogP) is 7.61. The number of alkyl halides is 12. The normalized spacial score (nSPS) is 16.5. The third-order valence-electron chi connectivity index (χ3n) is 5.90. The number of nitrogens with one attached hydrogen (secondary N) is 1. The van der Waals surface area contributed by atoms with Gasteiger partial charge in [-0.1, -0.05) is 0 Å². The van der Waals surface area contributed by atoms with Crippen molar-refractivity contribution in [3.05, 3.63) is 69.8 Å². The zero-order valence-electron chi connectivity index (χ0n) is 21.7. The molecule has 2 unspecified atom stereocenters. The Morgan fingerprint density at radius 1 is 0.837 bits per heavy atom. The largest absolute Gasteiger partial charge is 0.466 e. The minimum atomic E-state index is -5.01. The van der Waals surface area contributed by atoms with Gasteiger partial charge in [0.25, 0.3) is 0 Å². The summed E-state index contributed by atoms with van der Waals surface area (Å²) in [6, 6.07) is 3.77. The van der Waals surface area contributed by atoms with Crippen LogP contribution in [0.2, 0.25) is 0 Å². The molecule has 2 aromatic rings. The van der Waals surface area contributed by atoms with Gasteiger partial charge in [-0.25, -0.2) is 0 Å². The second-order valence-electron chi connectivity index (χ2n) is 9.07. The maximum Gasteiger partial charge on any atom is 0.416 e. The molecule has 3 rings (SSSR count). The number of carbonyl (C=O) groups excluding carboxylic acids is 2. The molecule has 5 nitrogen and oxygen atoms in total. The quantitative estimate of drug-likeness (QED) is 0.271. The van der Waals surface area contributed by atoms with Gasteiger partial charge in [-0.05, 0) is 54.4 Å². The molecular formula is C26H20F12N2O3. The van der Waals surface area contributed by atoms with Crippen LogP contribution in [0.1, 0.15) is 65.0 Å². The molecule has 1 amide bonds. The summed E-state index contributed by atoms with van der Waals surface area (Å²) in [5, 5.41) is 11.3. The van der Waals surface area contributed by atoms with E-state index in [0.717, 1.165) is 0 Å². The van der Waals surface area contributed by atoms with E-state index < -0.39 is 76.7 Å². The van der Waals surface area contributed by atoms with E-state index in [1.54, 1.807) is 0 Å². The van der Waals surface area contributed by atoms with Crippen molar-refractivity contribution in [1.82, 2.24) is 5.32 Å². The number of hydrogen-bond acceptors (Lipinski definition) is 4. The first kappa shape index (κ1) is 35.2. The Hall–Kier alpha value is -3.97. The Kier molecular flexibility index (Phi) is 10.8. The fraction of sp³-hybridized carbons (Fsp3) is 0.423. The van der Waals surface area contributed by atoms with E-state index in [0.29, 0.717) is 24.3 Å². The number of rotatable bonds is 5. The number of nitriles is 1. The van der Waals surface area contributed by atoms with Crippen molar-refractivity contribution >= 4 is 11.9 Å². The van der Waals surface area contributed by atoms with Crippen molar-refractivity contribution in [2.75, 3.05) is 13.2 Å². The molecule has 236 valence electrons. The summed E-state index contributed by atoms with van der Waals surface area (Å²) in [7, 11) is 0. The number of esters is 1. The van der Waals surface area contributed by atoms with Crippen LogP contribution in [0.4, 0.5) is 52.7 Å². The van der Waals surface area contributed by atoms with Crippen LogP contribution in [0, 0.1) is 11.3 Å². The van der Waals surface area contributed by atoms with E-state index in [-0.39, 0.29) is 43.2 Å². The highest BCUT2D eigenvalue weighted by molar-refractivity contribution is 5.79. The Balaban J connectivity index is 0.000000303. The molecule has 1 heterocycles. The highest BCUT2D eigenvalue weighted by atomic mass is 19.4. The van der Waals surface area contributed by atoms with Crippen LogP contribution in [0.25, 0.3) is 0 Å². The van der Waals surface area contributed by atoms with Crippen molar-refractivity contribution < 1.29 is 67.0 Å². The summed E-state index contributed by atoms with van der Waals surface area (Å²) < 4.78 is 157. The zero-order chi connectivity index (χ0) is 33.0. The number of benzene rings is 2. The molecule has 0 aliphatic carbocycles. The number of nitrogens with zero attached hydrogens (tertiary/aromatic N) is 1. The highest BCUT2D eigenvalue weighted by Crippen LogP contribution is 2.40. The molecule has 0 saturated carbocycles. The molecule has 2 atom stereocenters. The molecule has 1 fully saturated rings. The van der Waals surface area contributed by atoms with Gasteiger partial charge in [0.1, 0.15) is 0 Å². The molecule has 43 heavy (non-hydrogen) atoms. The van der Waals surface area contributed by atoms with Gasteiger partial charge >= 0.3 is 30.7 Å². The molecule has 1 N–H and O–H groups in total. The smallest absolute Gasteiger partial charge is 0.416 e. The third kappa shape index (κ3) is 10.1. The van der Waals surface area contributed by atoms with Crippen molar-refractivity contribution in [2.45, 2.75) is 56.3 Å². The molecule has 2 aromatic carbocycles. The summed E-state index contributed by atoms with van der Waals surface area (Å²) in [6.07, 6.45) is -20.5. The molecule has 0 spiro atoms. The molecule has 1 aliphatic rings. The average Bonchev–Trinajstić information content (AvgIpc) is 3.31. The standard InChI is InChI=1S/C14H11F6NO2.C12H9F6NO/c1-2-23-12(22)5-9(7-21)8-3-10(13(15,16)17)6-11(4-8)14(18,19)20;13-11(14,15)8-1-6(7-3-10(20)19-5-7)2-9(4-8)12(16,17)18/h3-4,6,9H,2,5H2,1H3;1-2,4,7H,3,5H2,(H,19,20).